The van der Waals surface area contributed by atoms with Crippen molar-refractivity contribution in [1.29, 1.82) is 0 Å². The fraction of sp³-hybridized carbons (Fsp3) is 0.600. The van der Waals surface area contributed by atoms with Gasteiger partial charge in [-0.2, -0.15) is 0 Å². The Balaban J connectivity index is 1.69. The number of rotatable bonds is 2. The molecule has 2 aromatic heterocycles. The quantitative estimate of drug-likeness (QED) is 0.924. The lowest BCUT2D eigenvalue weighted by Gasteiger charge is -2.25. The van der Waals surface area contributed by atoms with Crippen molar-refractivity contribution in [3.05, 3.63) is 26.6 Å². The van der Waals surface area contributed by atoms with Crippen LogP contribution in [0.5, 0.6) is 0 Å². The predicted octanol–water partition coefficient (Wildman–Crippen LogP) is 2.46. The number of hydrogen-bond acceptors (Lipinski definition) is 4. The number of piperidine rings is 1. The van der Waals surface area contributed by atoms with Gasteiger partial charge in [0.15, 0.2) is 0 Å². The Hall–Kier alpha value is -1.20. The molecule has 0 atom stereocenters. The highest BCUT2D eigenvalue weighted by Gasteiger charge is 2.21. The lowest BCUT2D eigenvalue weighted by molar-refractivity contribution is 0.216. The van der Waals surface area contributed by atoms with Crippen molar-refractivity contribution in [3.8, 4) is 0 Å². The molecule has 0 bridgehead atoms. The van der Waals surface area contributed by atoms with E-state index in [0.29, 0.717) is 0 Å². The third kappa shape index (κ3) is 2.09. The number of H-pyrrole nitrogens is 1. The Kier molecular flexibility index (Phi) is 3.11. The van der Waals surface area contributed by atoms with E-state index < -0.39 is 0 Å². The van der Waals surface area contributed by atoms with Crippen LogP contribution in [-0.2, 0) is 19.4 Å². The molecule has 2 aliphatic rings. The monoisotopic (exact) mass is 289 g/mol. The third-order valence-electron chi connectivity index (χ3n) is 4.45. The normalized spacial score (nSPS) is 19.6. The van der Waals surface area contributed by atoms with Crippen LogP contribution in [0, 0.1) is 0 Å². The van der Waals surface area contributed by atoms with E-state index in [2.05, 4.69) is 9.88 Å². The smallest absolute Gasteiger partial charge is 0.259 e. The summed E-state index contributed by atoms with van der Waals surface area (Å²) in [5.74, 6) is 0.837. The van der Waals surface area contributed by atoms with E-state index >= 15 is 0 Å². The number of thiophene rings is 1. The van der Waals surface area contributed by atoms with Crippen LogP contribution >= 0.6 is 11.3 Å². The number of fused-ring (bicyclic) bond motifs is 3. The molecular formula is C15H19N3OS. The average molecular weight is 289 g/mol. The maximum atomic E-state index is 12.4. The van der Waals surface area contributed by atoms with Gasteiger partial charge >= 0.3 is 0 Å². The summed E-state index contributed by atoms with van der Waals surface area (Å²) in [6, 6.07) is 0. The highest BCUT2D eigenvalue weighted by molar-refractivity contribution is 7.18. The van der Waals surface area contributed by atoms with Gasteiger partial charge in [0, 0.05) is 4.88 Å². The SMILES string of the molecule is O=c1[nH]c(CN2CCCCC2)nc2sc3c(c12)CCC3. The van der Waals surface area contributed by atoms with E-state index in [4.69, 9.17) is 4.98 Å². The summed E-state index contributed by atoms with van der Waals surface area (Å²) in [5.41, 5.74) is 1.34. The minimum absolute atomic E-state index is 0.0707. The molecule has 1 aliphatic heterocycles. The summed E-state index contributed by atoms with van der Waals surface area (Å²) in [7, 11) is 0. The van der Waals surface area contributed by atoms with Crippen molar-refractivity contribution in [2.45, 2.75) is 45.1 Å². The summed E-state index contributed by atoms with van der Waals surface area (Å²) >= 11 is 1.73. The number of likely N-dealkylation sites (tertiary alicyclic amines) is 1. The van der Waals surface area contributed by atoms with E-state index in [1.165, 1.54) is 36.1 Å². The van der Waals surface area contributed by atoms with E-state index in [9.17, 15) is 4.79 Å². The zero-order valence-corrected chi connectivity index (χ0v) is 12.4. The van der Waals surface area contributed by atoms with Crippen molar-refractivity contribution in [2.24, 2.45) is 0 Å². The van der Waals surface area contributed by atoms with Gasteiger partial charge in [-0.25, -0.2) is 4.98 Å². The molecule has 1 N–H and O–H groups in total. The minimum Gasteiger partial charge on any atom is -0.309 e. The first-order valence-corrected chi connectivity index (χ1v) is 8.39. The number of hydrogen-bond donors (Lipinski definition) is 1. The molecule has 1 saturated heterocycles. The van der Waals surface area contributed by atoms with Gasteiger partial charge < -0.3 is 4.98 Å². The second-order valence-electron chi connectivity index (χ2n) is 5.89. The molecule has 3 heterocycles. The van der Waals surface area contributed by atoms with Gasteiger partial charge in [0.2, 0.25) is 0 Å². The molecule has 0 saturated carbocycles. The molecule has 1 fully saturated rings. The van der Waals surface area contributed by atoms with Gasteiger partial charge in [0.05, 0.1) is 11.9 Å². The Bertz CT molecular complexity index is 697. The molecule has 0 radical (unpaired) electrons. The Morgan fingerprint density at radius 1 is 1.15 bits per heavy atom. The minimum atomic E-state index is 0.0707. The number of aryl methyl sites for hydroxylation is 2. The molecule has 4 rings (SSSR count). The van der Waals surface area contributed by atoms with Gasteiger partial charge in [-0.3, -0.25) is 9.69 Å². The molecule has 1 aliphatic carbocycles. The van der Waals surface area contributed by atoms with Crippen LogP contribution in [0.4, 0.5) is 0 Å². The number of nitrogens with one attached hydrogen (secondary N) is 1. The summed E-state index contributed by atoms with van der Waals surface area (Å²) in [5, 5.41) is 0.866. The van der Waals surface area contributed by atoms with Crippen molar-refractivity contribution < 1.29 is 0 Å². The van der Waals surface area contributed by atoms with E-state index in [0.717, 1.165) is 48.5 Å². The van der Waals surface area contributed by atoms with Crippen LogP contribution < -0.4 is 5.56 Å². The molecule has 20 heavy (non-hydrogen) atoms. The molecular weight excluding hydrogens is 270 g/mol. The van der Waals surface area contributed by atoms with Crippen LogP contribution in [-0.4, -0.2) is 28.0 Å². The van der Waals surface area contributed by atoms with E-state index in [1.807, 2.05) is 0 Å². The first kappa shape index (κ1) is 12.5. The van der Waals surface area contributed by atoms with Crippen LogP contribution in [0.2, 0.25) is 0 Å². The van der Waals surface area contributed by atoms with Crippen LogP contribution in [0.1, 0.15) is 41.9 Å². The van der Waals surface area contributed by atoms with E-state index in [-0.39, 0.29) is 5.56 Å². The van der Waals surface area contributed by atoms with Crippen molar-refractivity contribution in [3.63, 3.8) is 0 Å². The predicted molar refractivity (Wildman–Crippen MR) is 81.4 cm³/mol. The number of nitrogens with zero attached hydrogens (tertiary/aromatic N) is 2. The third-order valence-corrected chi connectivity index (χ3v) is 5.63. The number of aromatic nitrogens is 2. The molecule has 2 aromatic rings. The molecule has 0 spiro atoms. The van der Waals surface area contributed by atoms with Gasteiger partial charge in [-0.15, -0.1) is 11.3 Å². The second kappa shape index (κ2) is 4.97. The van der Waals surface area contributed by atoms with Crippen LogP contribution in [0.15, 0.2) is 4.79 Å². The zero-order valence-electron chi connectivity index (χ0n) is 11.6. The molecule has 0 aromatic carbocycles. The van der Waals surface area contributed by atoms with E-state index in [1.54, 1.807) is 11.3 Å². The lowest BCUT2D eigenvalue weighted by Crippen LogP contribution is -2.30. The molecule has 0 amide bonds. The summed E-state index contributed by atoms with van der Waals surface area (Å²) in [6.45, 7) is 3.04. The van der Waals surface area contributed by atoms with Gasteiger partial charge in [0.1, 0.15) is 10.7 Å². The standard InChI is InChI=1S/C15H19N3OS/c19-14-13-10-5-4-6-11(10)20-15(13)17-12(16-14)9-18-7-2-1-3-8-18/h1-9H2,(H,16,17,19). The second-order valence-corrected chi connectivity index (χ2v) is 6.97. The summed E-state index contributed by atoms with van der Waals surface area (Å²) in [6.07, 6.45) is 7.21. The summed E-state index contributed by atoms with van der Waals surface area (Å²) < 4.78 is 0. The lowest BCUT2D eigenvalue weighted by atomic mass is 10.1. The average Bonchev–Trinajstić information content (AvgIpc) is 2.99. The van der Waals surface area contributed by atoms with Crippen molar-refractivity contribution in [2.75, 3.05) is 13.1 Å². The Morgan fingerprint density at radius 2 is 2.00 bits per heavy atom. The Morgan fingerprint density at radius 3 is 2.85 bits per heavy atom. The first-order valence-electron chi connectivity index (χ1n) is 7.57. The fourth-order valence-corrected chi connectivity index (χ4v) is 4.73. The number of aromatic amines is 1. The highest BCUT2D eigenvalue weighted by Crippen LogP contribution is 2.34. The van der Waals surface area contributed by atoms with Crippen molar-refractivity contribution in [1.82, 2.24) is 14.9 Å². The van der Waals surface area contributed by atoms with Gasteiger partial charge in [-0.05, 0) is 50.8 Å². The maximum Gasteiger partial charge on any atom is 0.259 e. The molecule has 0 unspecified atom stereocenters. The highest BCUT2D eigenvalue weighted by atomic mass is 32.1. The fourth-order valence-electron chi connectivity index (χ4n) is 3.45. The Labute approximate surface area is 121 Å². The van der Waals surface area contributed by atoms with Crippen LogP contribution in [0.3, 0.4) is 0 Å². The molecule has 4 nitrogen and oxygen atoms in total. The van der Waals surface area contributed by atoms with Crippen molar-refractivity contribution >= 4 is 21.6 Å². The van der Waals surface area contributed by atoms with Gasteiger partial charge in [-0.1, -0.05) is 6.42 Å². The summed E-state index contributed by atoms with van der Waals surface area (Å²) in [4.78, 5) is 24.8. The molecule has 106 valence electrons. The van der Waals surface area contributed by atoms with Crippen LogP contribution in [0.25, 0.3) is 10.2 Å². The topological polar surface area (TPSA) is 49.0 Å². The largest absolute Gasteiger partial charge is 0.309 e. The zero-order chi connectivity index (χ0) is 13.5. The first-order chi connectivity index (χ1) is 9.81. The maximum absolute atomic E-state index is 12.4. The van der Waals surface area contributed by atoms with Gasteiger partial charge in [0.25, 0.3) is 5.56 Å². The molecule has 5 heteroatoms.